The molecule has 9 heteroatoms. The lowest BCUT2D eigenvalue weighted by Crippen LogP contribution is -2.20. The predicted molar refractivity (Wildman–Crippen MR) is 166 cm³/mol. The van der Waals surface area contributed by atoms with Crippen LogP contribution in [-0.2, 0) is 11.4 Å². The molecule has 0 saturated heterocycles. The molecule has 0 aliphatic heterocycles. The van der Waals surface area contributed by atoms with Gasteiger partial charge in [-0.1, -0.05) is 36.4 Å². The van der Waals surface area contributed by atoms with Gasteiger partial charge in [0.05, 0.1) is 19.9 Å². The Hall–Kier alpha value is -5.31. The van der Waals surface area contributed by atoms with Gasteiger partial charge >= 0.3 is 0 Å². The highest BCUT2D eigenvalue weighted by atomic mass is 16.5. The van der Waals surface area contributed by atoms with Crippen molar-refractivity contribution in [1.82, 2.24) is 5.43 Å². The van der Waals surface area contributed by atoms with Crippen LogP contribution in [0.5, 0.6) is 23.0 Å². The molecule has 0 fully saturated rings. The number of benzene rings is 4. The van der Waals surface area contributed by atoms with Gasteiger partial charge in [0.1, 0.15) is 6.61 Å². The number of aryl methyl sites for hydroxylation is 2. The van der Waals surface area contributed by atoms with E-state index in [1.165, 1.54) is 13.3 Å². The van der Waals surface area contributed by atoms with Crippen molar-refractivity contribution in [1.29, 1.82) is 0 Å². The van der Waals surface area contributed by atoms with E-state index in [2.05, 4.69) is 15.8 Å². The minimum atomic E-state index is -0.409. The smallest absolute Gasteiger partial charge is 0.271 e. The number of nitrogens with zero attached hydrogens (tertiary/aromatic N) is 1. The highest BCUT2D eigenvalue weighted by molar-refractivity contribution is 5.95. The van der Waals surface area contributed by atoms with E-state index in [9.17, 15) is 9.59 Å². The molecular formula is C34H35N3O6. The van der Waals surface area contributed by atoms with Gasteiger partial charge in [-0.05, 0) is 91.6 Å². The number of anilines is 1. The van der Waals surface area contributed by atoms with E-state index in [-0.39, 0.29) is 12.5 Å². The molecular weight excluding hydrogens is 546 g/mol. The van der Waals surface area contributed by atoms with Crippen LogP contribution < -0.4 is 29.7 Å². The van der Waals surface area contributed by atoms with Gasteiger partial charge < -0.3 is 24.3 Å². The summed E-state index contributed by atoms with van der Waals surface area (Å²) < 4.78 is 22.7. The molecule has 43 heavy (non-hydrogen) atoms. The fourth-order valence-corrected chi connectivity index (χ4v) is 4.05. The van der Waals surface area contributed by atoms with Crippen LogP contribution in [0.1, 0.15) is 39.5 Å². The second-order valence-corrected chi connectivity index (χ2v) is 9.61. The van der Waals surface area contributed by atoms with Crippen molar-refractivity contribution >= 4 is 23.7 Å². The van der Waals surface area contributed by atoms with Gasteiger partial charge in [-0.15, -0.1) is 0 Å². The molecule has 0 unspecified atom stereocenters. The number of hydrogen-bond donors (Lipinski definition) is 2. The Bertz CT molecular complexity index is 1590. The summed E-state index contributed by atoms with van der Waals surface area (Å²) in [7, 11) is 1.50. The minimum absolute atomic E-state index is 0.188. The first-order chi connectivity index (χ1) is 20.9. The largest absolute Gasteiger partial charge is 0.493 e. The molecule has 0 bridgehead atoms. The van der Waals surface area contributed by atoms with Gasteiger partial charge in [0.25, 0.3) is 11.8 Å². The van der Waals surface area contributed by atoms with Gasteiger partial charge in [0.15, 0.2) is 29.6 Å². The first-order valence-electron chi connectivity index (χ1n) is 13.8. The zero-order valence-electron chi connectivity index (χ0n) is 24.7. The summed E-state index contributed by atoms with van der Waals surface area (Å²) in [6.45, 7) is 6.48. The van der Waals surface area contributed by atoms with Crippen LogP contribution in [0.3, 0.4) is 0 Å². The number of methoxy groups -OCH3 is 1. The second kappa shape index (κ2) is 15.1. The van der Waals surface area contributed by atoms with E-state index in [4.69, 9.17) is 18.9 Å². The molecule has 0 saturated carbocycles. The van der Waals surface area contributed by atoms with Crippen molar-refractivity contribution in [2.24, 2.45) is 5.10 Å². The maximum absolute atomic E-state index is 12.8. The van der Waals surface area contributed by atoms with Gasteiger partial charge in [-0.2, -0.15) is 5.10 Å². The minimum Gasteiger partial charge on any atom is -0.493 e. The maximum Gasteiger partial charge on any atom is 0.271 e. The van der Waals surface area contributed by atoms with E-state index in [1.807, 2.05) is 69.3 Å². The van der Waals surface area contributed by atoms with E-state index in [0.29, 0.717) is 53.0 Å². The summed E-state index contributed by atoms with van der Waals surface area (Å²) in [5.74, 6) is 1.13. The molecule has 0 atom stereocenters. The molecule has 0 aromatic heterocycles. The predicted octanol–water partition coefficient (Wildman–Crippen LogP) is 6.07. The SMILES string of the molecule is CCOc1cc(C(=O)N/N=C/c2ccc(OCC(=O)Nc3ccc(C)c(C)c3)c(OC)c2)ccc1OCc1ccccc1. The zero-order valence-corrected chi connectivity index (χ0v) is 24.7. The Morgan fingerprint density at radius 3 is 2.30 bits per heavy atom. The van der Waals surface area contributed by atoms with Crippen LogP contribution in [0.4, 0.5) is 5.69 Å². The monoisotopic (exact) mass is 581 g/mol. The lowest BCUT2D eigenvalue weighted by atomic mass is 10.1. The Morgan fingerprint density at radius 2 is 1.56 bits per heavy atom. The van der Waals surface area contributed by atoms with Crippen molar-refractivity contribution in [3.8, 4) is 23.0 Å². The van der Waals surface area contributed by atoms with E-state index in [1.54, 1.807) is 36.4 Å². The average Bonchev–Trinajstić information content (AvgIpc) is 3.02. The fraction of sp³-hybridized carbons (Fsp3) is 0.206. The number of carbonyl (C=O) groups excluding carboxylic acids is 2. The summed E-state index contributed by atoms with van der Waals surface area (Å²) >= 11 is 0. The first kappa shape index (κ1) is 30.6. The third-order valence-corrected chi connectivity index (χ3v) is 6.46. The number of hydrazone groups is 1. The topological polar surface area (TPSA) is 107 Å². The highest BCUT2D eigenvalue weighted by Gasteiger charge is 2.13. The molecule has 0 spiro atoms. The standard InChI is InChI=1S/C34H35N3O6/c1-5-41-32-19-27(13-16-30(32)42-21-25-9-7-6-8-10-25)34(39)37-35-20-26-12-15-29(31(18-26)40-4)43-22-33(38)36-28-14-11-23(2)24(3)17-28/h6-20H,5,21-22H2,1-4H3,(H,36,38)(H,37,39)/b35-20+. The molecule has 0 aliphatic rings. The van der Waals surface area contributed by atoms with E-state index in [0.717, 1.165) is 16.7 Å². The van der Waals surface area contributed by atoms with E-state index < -0.39 is 5.91 Å². The third-order valence-electron chi connectivity index (χ3n) is 6.46. The van der Waals surface area contributed by atoms with Gasteiger partial charge in [0, 0.05) is 11.3 Å². The maximum atomic E-state index is 12.8. The van der Waals surface area contributed by atoms with Crippen LogP contribution in [0.15, 0.2) is 90.0 Å². The highest BCUT2D eigenvalue weighted by Crippen LogP contribution is 2.30. The molecule has 2 amide bonds. The normalized spacial score (nSPS) is 10.7. The molecule has 9 nitrogen and oxygen atoms in total. The number of carbonyl (C=O) groups is 2. The Balaban J connectivity index is 1.33. The Kier molecular flexibility index (Phi) is 10.7. The van der Waals surface area contributed by atoms with Crippen molar-refractivity contribution < 1.29 is 28.5 Å². The van der Waals surface area contributed by atoms with Crippen LogP contribution in [0.25, 0.3) is 0 Å². The molecule has 0 aliphatic carbocycles. The zero-order chi connectivity index (χ0) is 30.6. The summed E-state index contributed by atoms with van der Waals surface area (Å²) in [6.07, 6.45) is 1.48. The molecule has 2 N–H and O–H groups in total. The molecule has 4 aromatic rings. The Morgan fingerprint density at radius 1 is 0.791 bits per heavy atom. The molecule has 0 heterocycles. The number of nitrogens with one attached hydrogen (secondary N) is 2. The average molecular weight is 582 g/mol. The van der Waals surface area contributed by atoms with Crippen molar-refractivity contribution in [2.45, 2.75) is 27.4 Å². The van der Waals surface area contributed by atoms with Gasteiger partial charge in [-0.25, -0.2) is 5.43 Å². The number of rotatable bonds is 13. The summed E-state index contributed by atoms with van der Waals surface area (Å²) in [4.78, 5) is 25.2. The quantitative estimate of drug-likeness (QED) is 0.147. The molecule has 4 aromatic carbocycles. The van der Waals surface area contributed by atoms with Crippen molar-refractivity contribution in [2.75, 3.05) is 25.6 Å². The summed E-state index contributed by atoms with van der Waals surface area (Å²) in [6, 6.07) is 25.6. The fourth-order valence-electron chi connectivity index (χ4n) is 4.05. The molecule has 222 valence electrons. The first-order valence-corrected chi connectivity index (χ1v) is 13.8. The molecule has 0 radical (unpaired) electrons. The summed E-state index contributed by atoms with van der Waals surface area (Å²) in [5, 5.41) is 6.90. The number of amides is 2. The number of hydrogen-bond acceptors (Lipinski definition) is 7. The van der Waals surface area contributed by atoms with Crippen LogP contribution >= 0.6 is 0 Å². The van der Waals surface area contributed by atoms with Crippen molar-refractivity contribution in [3.63, 3.8) is 0 Å². The van der Waals surface area contributed by atoms with Crippen LogP contribution in [0.2, 0.25) is 0 Å². The van der Waals surface area contributed by atoms with Gasteiger partial charge in [-0.3, -0.25) is 9.59 Å². The third kappa shape index (κ3) is 8.84. The summed E-state index contributed by atoms with van der Waals surface area (Å²) in [5.41, 5.74) is 7.52. The second-order valence-electron chi connectivity index (χ2n) is 9.61. The van der Waals surface area contributed by atoms with Crippen LogP contribution in [-0.4, -0.2) is 38.4 Å². The number of ether oxygens (including phenoxy) is 4. The molecule has 4 rings (SSSR count). The lowest BCUT2D eigenvalue weighted by molar-refractivity contribution is -0.118. The van der Waals surface area contributed by atoms with E-state index >= 15 is 0 Å². The van der Waals surface area contributed by atoms with Crippen molar-refractivity contribution in [3.05, 3.63) is 113 Å². The Labute approximate surface area is 251 Å². The van der Waals surface area contributed by atoms with Crippen LogP contribution in [0, 0.1) is 13.8 Å². The van der Waals surface area contributed by atoms with Gasteiger partial charge in [0.2, 0.25) is 0 Å². The lowest BCUT2D eigenvalue weighted by Gasteiger charge is -2.13.